The van der Waals surface area contributed by atoms with Crippen molar-refractivity contribution in [1.82, 2.24) is 4.98 Å². The maximum atomic E-state index is 13.3. The molecular weight excluding hydrogens is 245 g/mol. The Balaban J connectivity index is 2.08. The van der Waals surface area contributed by atoms with Gasteiger partial charge in [0, 0.05) is 18.0 Å². The predicted octanol–water partition coefficient (Wildman–Crippen LogP) is 2.46. The van der Waals surface area contributed by atoms with Crippen LogP contribution >= 0.6 is 0 Å². The van der Waals surface area contributed by atoms with E-state index in [1.54, 1.807) is 0 Å². The fourth-order valence-electron chi connectivity index (χ4n) is 2.36. The minimum Gasteiger partial charge on any atom is -0.396 e. The highest BCUT2D eigenvalue weighted by molar-refractivity contribution is 5.36. The first kappa shape index (κ1) is 13.1. The summed E-state index contributed by atoms with van der Waals surface area (Å²) in [5, 5.41) is 12.0. The summed E-state index contributed by atoms with van der Waals surface area (Å²) in [5.41, 5.74) is -0.307. The van der Waals surface area contributed by atoms with Crippen LogP contribution in [0.1, 0.15) is 25.7 Å². The zero-order valence-corrected chi connectivity index (χ0v) is 9.85. The minimum atomic E-state index is -1.33. The molecule has 0 unspecified atom stereocenters. The number of aliphatic hydroxyl groups is 1. The summed E-state index contributed by atoms with van der Waals surface area (Å²) in [7, 11) is 0. The van der Waals surface area contributed by atoms with Crippen LogP contribution in [0.4, 0.5) is 19.0 Å². The number of aliphatic hydroxyl groups excluding tert-OH is 1. The van der Waals surface area contributed by atoms with Crippen LogP contribution in [0.15, 0.2) is 6.07 Å². The van der Waals surface area contributed by atoms with E-state index in [-0.39, 0.29) is 17.8 Å². The maximum Gasteiger partial charge on any atom is 0.251 e. The Hall–Kier alpha value is -1.30. The molecule has 2 N–H and O–H groups in total. The average Bonchev–Trinajstić information content (AvgIpc) is 2.82. The molecule has 6 heteroatoms. The second-order valence-corrected chi connectivity index (χ2v) is 4.81. The van der Waals surface area contributed by atoms with Gasteiger partial charge in [-0.1, -0.05) is 12.8 Å². The molecule has 1 aliphatic rings. The van der Waals surface area contributed by atoms with Crippen LogP contribution in [0.25, 0.3) is 0 Å². The summed E-state index contributed by atoms with van der Waals surface area (Å²) < 4.78 is 38.9. The van der Waals surface area contributed by atoms with Gasteiger partial charge >= 0.3 is 0 Å². The van der Waals surface area contributed by atoms with Gasteiger partial charge in [-0.3, -0.25) is 0 Å². The molecule has 0 bridgehead atoms. The first-order chi connectivity index (χ1) is 8.56. The smallest absolute Gasteiger partial charge is 0.251 e. The van der Waals surface area contributed by atoms with Crippen molar-refractivity contribution in [3.63, 3.8) is 0 Å². The van der Waals surface area contributed by atoms with Crippen molar-refractivity contribution in [2.45, 2.75) is 25.7 Å². The highest BCUT2D eigenvalue weighted by atomic mass is 19.2. The normalized spacial score (nSPS) is 18.0. The molecule has 3 nitrogen and oxygen atoms in total. The maximum absolute atomic E-state index is 13.3. The van der Waals surface area contributed by atoms with Gasteiger partial charge in [0.05, 0.1) is 6.61 Å². The summed E-state index contributed by atoms with van der Waals surface area (Å²) in [6.07, 6.45) is 3.69. The summed E-state index contributed by atoms with van der Waals surface area (Å²) in [5.74, 6) is -3.88. The topological polar surface area (TPSA) is 45.1 Å². The molecule has 1 saturated carbocycles. The first-order valence-corrected chi connectivity index (χ1v) is 5.93. The van der Waals surface area contributed by atoms with Gasteiger partial charge in [0.2, 0.25) is 0 Å². The molecular formula is C12H15F3N2O. The van der Waals surface area contributed by atoms with Gasteiger partial charge < -0.3 is 10.4 Å². The SMILES string of the molecule is OCC1(CNc2nc(F)c(F)cc2F)CCCC1. The summed E-state index contributed by atoms with van der Waals surface area (Å²) >= 11 is 0. The van der Waals surface area contributed by atoms with E-state index in [2.05, 4.69) is 10.3 Å². The van der Waals surface area contributed by atoms with Crippen molar-refractivity contribution in [2.24, 2.45) is 5.41 Å². The zero-order valence-electron chi connectivity index (χ0n) is 9.85. The van der Waals surface area contributed by atoms with Crippen LogP contribution in [0, 0.1) is 23.0 Å². The molecule has 0 atom stereocenters. The minimum absolute atomic E-state index is 0.00864. The van der Waals surface area contributed by atoms with Crippen molar-refractivity contribution in [3.8, 4) is 0 Å². The second kappa shape index (κ2) is 5.14. The van der Waals surface area contributed by atoms with E-state index in [0.717, 1.165) is 25.7 Å². The molecule has 1 aromatic rings. The second-order valence-electron chi connectivity index (χ2n) is 4.81. The van der Waals surface area contributed by atoms with E-state index in [4.69, 9.17) is 0 Å². The van der Waals surface area contributed by atoms with Crippen molar-refractivity contribution < 1.29 is 18.3 Å². The number of halogens is 3. The lowest BCUT2D eigenvalue weighted by Gasteiger charge is -2.26. The molecule has 100 valence electrons. The third kappa shape index (κ3) is 2.58. The lowest BCUT2D eigenvalue weighted by molar-refractivity contribution is 0.142. The van der Waals surface area contributed by atoms with Gasteiger partial charge in [-0.15, -0.1) is 0 Å². The quantitative estimate of drug-likeness (QED) is 0.817. The van der Waals surface area contributed by atoms with Crippen molar-refractivity contribution in [3.05, 3.63) is 23.6 Å². The molecule has 1 aromatic heterocycles. The average molecular weight is 260 g/mol. The van der Waals surface area contributed by atoms with Crippen molar-refractivity contribution >= 4 is 5.82 Å². The van der Waals surface area contributed by atoms with Crippen LogP contribution in [-0.4, -0.2) is 23.2 Å². The van der Waals surface area contributed by atoms with Gasteiger partial charge in [0.25, 0.3) is 5.95 Å². The Morgan fingerprint density at radius 3 is 2.50 bits per heavy atom. The number of nitrogens with zero attached hydrogens (tertiary/aromatic N) is 1. The molecule has 0 radical (unpaired) electrons. The fraction of sp³-hybridized carbons (Fsp3) is 0.583. The molecule has 0 aromatic carbocycles. The molecule has 0 saturated heterocycles. The molecule has 1 heterocycles. The molecule has 0 amide bonds. The Kier molecular flexibility index (Phi) is 3.75. The zero-order chi connectivity index (χ0) is 13.2. The number of rotatable bonds is 4. The number of hydrogen-bond donors (Lipinski definition) is 2. The summed E-state index contributed by atoms with van der Waals surface area (Å²) in [6, 6.07) is 0.463. The number of aromatic nitrogens is 1. The summed E-state index contributed by atoms with van der Waals surface area (Å²) in [4.78, 5) is 3.19. The molecule has 18 heavy (non-hydrogen) atoms. The molecule has 1 fully saturated rings. The molecule has 0 spiro atoms. The van der Waals surface area contributed by atoms with Gasteiger partial charge in [0.15, 0.2) is 17.5 Å². The standard InChI is InChI=1S/C12H15F3N2O/c13-8-5-9(14)11(17-10(8)15)16-6-12(7-18)3-1-2-4-12/h5,18H,1-4,6-7H2,(H,16,17). The molecule has 2 rings (SSSR count). The Morgan fingerprint density at radius 2 is 1.89 bits per heavy atom. The van der Waals surface area contributed by atoms with Gasteiger partial charge in [-0.25, -0.2) is 8.78 Å². The highest BCUT2D eigenvalue weighted by Crippen LogP contribution is 2.37. The fourth-order valence-corrected chi connectivity index (χ4v) is 2.36. The van der Waals surface area contributed by atoms with Crippen LogP contribution in [-0.2, 0) is 0 Å². The van der Waals surface area contributed by atoms with Crippen LogP contribution in [0.3, 0.4) is 0 Å². The number of pyridine rings is 1. The van der Waals surface area contributed by atoms with E-state index in [9.17, 15) is 18.3 Å². The van der Waals surface area contributed by atoms with Gasteiger partial charge in [-0.05, 0) is 12.8 Å². The first-order valence-electron chi connectivity index (χ1n) is 5.93. The van der Waals surface area contributed by atoms with Crippen molar-refractivity contribution in [1.29, 1.82) is 0 Å². The van der Waals surface area contributed by atoms with E-state index in [1.165, 1.54) is 0 Å². The van der Waals surface area contributed by atoms with Gasteiger partial charge in [0.1, 0.15) is 0 Å². The van der Waals surface area contributed by atoms with Crippen LogP contribution < -0.4 is 5.32 Å². The van der Waals surface area contributed by atoms with Crippen LogP contribution in [0.2, 0.25) is 0 Å². The number of nitrogens with one attached hydrogen (secondary N) is 1. The van der Waals surface area contributed by atoms with E-state index in [0.29, 0.717) is 12.6 Å². The van der Waals surface area contributed by atoms with E-state index in [1.807, 2.05) is 0 Å². The third-order valence-electron chi connectivity index (χ3n) is 3.52. The Labute approximate surface area is 103 Å². The largest absolute Gasteiger partial charge is 0.396 e. The summed E-state index contributed by atoms with van der Waals surface area (Å²) in [6.45, 7) is 0.295. The van der Waals surface area contributed by atoms with Crippen molar-refractivity contribution in [2.75, 3.05) is 18.5 Å². The Bertz CT molecular complexity index is 434. The lowest BCUT2D eigenvalue weighted by Crippen LogP contribution is -2.31. The molecule has 1 aliphatic carbocycles. The van der Waals surface area contributed by atoms with E-state index >= 15 is 0 Å². The lowest BCUT2D eigenvalue weighted by atomic mass is 9.87. The van der Waals surface area contributed by atoms with Crippen LogP contribution in [0.5, 0.6) is 0 Å². The predicted molar refractivity (Wildman–Crippen MR) is 60.6 cm³/mol. The highest BCUT2D eigenvalue weighted by Gasteiger charge is 2.33. The van der Waals surface area contributed by atoms with Gasteiger partial charge in [-0.2, -0.15) is 9.37 Å². The monoisotopic (exact) mass is 260 g/mol. The third-order valence-corrected chi connectivity index (χ3v) is 3.52. The Morgan fingerprint density at radius 1 is 1.22 bits per heavy atom. The molecule has 0 aliphatic heterocycles. The number of anilines is 1. The number of hydrogen-bond acceptors (Lipinski definition) is 3. The van der Waals surface area contributed by atoms with E-state index < -0.39 is 17.6 Å².